The second-order valence-corrected chi connectivity index (χ2v) is 9.31. The van der Waals surface area contributed by atoms with Gasteiger partial charge in [-0.25, -0.2) is 25.9 Å². The molecule has 1 N–H and O–H groups in total. The number of furan rings is 1. The molecule has 134 valence electrons. The van der Waals surface area contributed by atoms with Crippen LogP contribution in [0.25, 0.3) is 0 Å². The average Bonchev–Trinajstić information content (AvgIpc) is 3.12. The lowest BCUT2D eigenvalue weighted by atomic mass is 10.2. The van der Waals surface area contributed by atoms with Crippen molar-refractivity contribution in [1.82, 2.24) is 4.72 Å². The predicted octanol–water partition coefficient (Wildman–Crippen LogP) is 1.07. The van der Waals surface area contributed by atoms with Crippen molar-refractivity contribution in [3.05, 3.63) is 48.4 Å². The van der Waals surface area contributed by atoms with Crippen molar-refractivity contribution < 1.29 is 26.0 Å². The molecule has 1 aliphatic heterocycles. The summed E-state index contributed by atoms with van der Waals surface area (Å²) in [6.45, 7) is 1.53. The van der Waals surface area contributed by atoms with E-state index in [9.17, 15) is 21.6 Å². The van der Waals surface area contributed by atoms with Gasteiger partial charge in [0.1, 0.15) is 5.76 Å². The Labute approximate surface area is 145 Å². The smallest absolute Gasteiger partial charge is 0.244 e. The second-order valence-electron chi connectivity index (χ2n) is 5.68. The highest BCUT2D eigenvalue weighted by molar-refractivity contribution is 7.94. The van der Waals surface area contributed by atoms with E-state index in [-0.39, 0.29) is 22.9 Å². The van der Waals surface area contributed by atoms with Gasteiger partial charge in [0.15, 0.2) is 0 Å². The summed E-state index contributed by atoms with van der Waals surface area (Å²) in [5, 5.41) is 0. The molecule has 0 spiro atoms. The fourth-order valence-corrected chi connectivity index (χ4v) is 5.32. The Hall–Kier alpha value is -2.17. The third-order valence-corrected chi connectivity index (χ3v) is 7.04. The number of carbonyl (C=O) groups is 1. The lowest BCUT2D eigenvalue weighted by Gasteiger charge is -2.15. The van der Waals surface area contributed by atoms with Crippen LogP contribution in [-0.2, 0) is 31.4 Å². The summed E-state index contributed by atoms with van der Waals surface area (Å²) >= 11 is 0. The van der Waals surface area contributed by atoms with E-state index in [1.807, 2.05) is 0 Å². The number of nitrogens with zero attached hydrogens (tertiary/aromatic N) is 1. The van der Waals surface area contributed by atoms with E-state index in [2.05, 4.69) is 4.72 Å². The Morgan fingerprint density at radius 3 is 2.44 bits per heavy atom. The zero-order chi connectivity index (χ0) is 18.2. The number of hydrogen-bond donors (Lipinski definition) is 1. The normalized spacial score (nSPS) is 20.1. The van der Waals surface area contributed by atoms with E-state index in [1.54, 1.807) is 12.1 Å². The first-order valence-electron chi connectivity index (χ1n) is 7.40. The Morgan fingerprint density at radius 2 is 1.92 bits per heavy atom. The zero-order valence-corrected chi connectivity index (χ0v) is 14.9. The van der Waals surface area contributed by atoms with Gasteiger partial charge in [0.05, 0.1) is 35.1 Å². The highest BCUT2D eigenvalue weighted by atomic mass is 32.2. The second kappa shape index (κ2) is 6.28. The Morgan fingerprint density at radius 1 is 1.24 bits per heavy atom. The van der Waals surface area contributed by atoms with Crippen LogP contribution in [0, 0.1) is 5.92 Å². The largest absolute Gasteiger partial charge is 0.468 e. The van der Waals surface area contributed by atoms with Gasteiger partial charge in [-0.3, -0.25) is 4.79 Å². The van der Waals surface area contributed by atoms with E-state index in [0.717, 1.165) is 4.31 Å². The summed E-state index contributed by atoms with van der Waals surface area (Å²) < 4.78 is 56.8. The average molecular weight is 384 g/mol. The van der Waals surface area contributed by atoms with Gasteiger partial charge >= 0.3 is 0 Å². The number of carbonyl (C=O) groups excluding carboxylic acids is 1. The molecule has 1 saturated heterocycles. The van der Waals surface area contributed by atoms with Gasteiger partial charge in [-0.05, 0) is 36.4 Å². The lowest BCUT2D eigenvalue weighted by Crippen LogP contribution is -2.30. The molecule has 25 heavy (non-hydrogen) atoms. The van der Waals surface area contributed by atoms with Crippen LogP contribution in [0.4, 0.5) is 5.69 Å². The van der Waals surface area contributed by atoms with E-state index in [0.29, 0.717) is 5.76 Å². The van der Waals surface area contributed by atoms with Gasteiger partial charge < -0.3 is 4.42 Å². The zero-order valence-electron chi connectivity index (χ0n) is 13.2. The van der Waals surface area contributed by atoms with Crippen LogP contribution in [0.15, 0.2) is 52.0 Å². The number of benzene rings is 1. The molecule has 10 heteroatoms. The molecule has 1 aromatic heterocycles. The maximum absolute atomic E-state index is 12.3. The van der Waals surface area contributed by atoms with E-state index >= 15 is 0 Å². The minimum absolute atomic E-state index is 0.00636. The predicted molar refractivity (Wildman–Crippen MR) is 89.6 cm³/mol. The van der Waals surface area contributed by atoms with Crippen LogP contribution in [0.5, 0.6) is 0 Å². The molecule has 3 rings (SSSR count). The maximum atomic E-state index is 12.3. The Bertz CT molecular complexity index is 979. The van der Waals surface area contributed by atoms with Crippen molar-refractivity contribution in [2.45, 2.75) is 18.4 Å². The number of amides is 1. The summed E-state index contributed by atoms with van der Waals surface area (Å²) in [7, 11) is -7.51. The molecule has 1 atom stereocenters. The molecule has 0 unspecified atom stereocenters. The first kappa shape index (κ1) is 17.6. The minimum atomic E-state index is -3.79. The highest BCUT2D eigenvalue weighted by Gasteiger charge is 2.41. The van der Waals surface area contributed by atoms with Crippen LogP contribution in [-0.4, -0.2) is 28.5 Å². The molecule has 1 aliphatic rings. The number of hydrogen-bond acceptors (Lipinski definition) is 6. The monoisotopic (exact) mass is 384 g/mol. The molecular formula is C15H16N2O6S2. The van der Waals surface area contributed by atoms with Crippen LogP contribution >= 0.6 is 0 Å². The molecule has 0 aliphatic carbocycles. The quantitative estimate of drug-likeness (QED) is 0.825. The van der Waals surface area contributed by atoms with Crippen LogP contribution in [0.2, 0.25) is 0 Å². The first-order chi connectivity index (χ1) is 11.7. The minimum Gasteiger partial charge on any atom is -0.468 e. The molecule has 0 saturated carbocycles. The third kappa shape index (κ3) is 3.46. The van der Waals surface area contributed by atoms with E-state index in [1.165, 1.54) is 37.5 Å². The van der Waals surface area contributed by atoms with Gasteiger partial charge in [-0.2, -0.15) is 0 Å². The fourth-order valence-electron chi connectivity index (χ4n) is 2.51. The van der Waals surface area contributed by atoms with Gasteiger partial charge in [0.2, 0.25) is 26.0 Å². The van der Waals surface area contributed by atoms with Crippen molar-refractivity contribution in [3.8, 4) is 0 Å². The summed E-state index contributed by atoms with van der Waals surface area (Å²) in [6, 6.07) is 8.39. The molecule has 1 amide bonds. The van der Waals surface area contributed by atoms with Crippen molar-refractivity contribution in [1.29, 1.82) is 0 Å². The Kier molecular flexibility index (Phi) is 4.43. The van der Waals surface area contributed by atoms with Crippen molar-refractivity contribution in [2.75, 3.05) is 10.1 Å². The molecule has 2 aromatic rings. The fraction of sp³-hybridized carbons (Fsp3) is 0.267. The molecule has 1 aromatic carbocycles. The van der Waals surface area contributed by atoms with Gasteiger partial charge in [-0.15, -0.1) is 0 Å². The number of sulfonamides is 2. The number of nitrogens with one attached hydrogen (secondary N) is 1. The van der Waals surface area contributed by atoms with E-state index in [4.69, 9.17) is 4.42 Å². The summed E-state index contributed by atoms with van der Waals surface area (Å²) in [6.07, 6.45) is 1.44. The van der Waals surface area contributed by atoms with Crippen molar-refractivity contribution in [3.63, 3.8) is 0 Å². The number of anilines is 1. The van der Waals surface area contributed by atoms with Crippen molar-refractivity contribution in [2.24, 2.45) is 5.92 Å². The summed E-state index contributed by atoms with van der Waals surface area (Å²) in [5.41, 5.74) is 0.124. The third-order valence-electron chi connectivity index (χ3n) is 3.76. The highest BCUT2D eigenvalue weighted by Crippen LogP contribution is 2.28. The van der Waals surface area contributed by atoms with Crippen LogP contribution < -0.4 is 9.03 Å². The van der Waals surface area contributed by atoms with Gasteiger partial charge in [0.25, 0.3) is 0 Å². The maximum Gasteiger partial charge on any atom is 0.244 e. The first-order valence-corrected chi connectivity index (χ1v) is 10.5. The number of rotatable bonds is 5. The van der Waals surface area contributed by atoms with Gasteiger partial charge in [-0.1, -0.05) is 6.92 Å². The molecule has 0 radical (unpaired) electrons. The summed E-state index contributed by atoms with van der Waals surface area (Å²) in [4.78, 5) is 12.0. The molecule has 8 nitrogen and oxygen atoms in total. The Balaban J connectivity index is 1.81. The molecule has 1 fully saturated rings. The van der Waals surface area contributed by atoms with Gasteiger partial charge in [0, 0.05) is 0 Å². The van der Waals surface area contributed by atoms with Crippen molar-refractivity contribution >= 4 is 31.6 Å². The molecule has 0 bridgehead atoms. The SMILES string of the molecule is C[C@@H]1CS(=O)(=O)N(c2ccc(S(=O)(=O)NCc3ccco3)cc2)C1=O. The standard InChI is InChI=1S/C15H16N2O6S2/c1-11-10-24(19,20)17(15(11)18)12-4-6-14(7-5-12)25(21,22)16-9-13-3-2-8-23-13/h2-8,11,16H,9-10H2,1H3/t11-/m1/s1. The molecule has 2 heterocycles. The summed E-state index contributed by atoms with van der Waals surface area (Å²) in [5.74, 6) is -0.936. The van der Waals surface area contributed by atoms with E-state index < -0.39 is 31.9 Å². The van der Waals surface area contributed by atoms with Crippen LogP contribution in [0.1, 0.15) is 12.7 Å². The van der Waals surface area contributed by atoms with Crippen LogP contribution in [0.3, 0.4) is 0 Å². The lowest BCUT2D eigenvalue weighted by molar-refractivity contribution is -0.119. The molecular weight excluding hydrogens is 368 g/mol. The topological polar surface area (TPSA) is 114 Å².